The Bertz CT molecular complexity index is 648. The van der Waals surface area contributed by atoms with Crippen molar-refractivity contribution in [1.82, 2.24) is 0 Å². The molecular formula is C14H9Cl3N2. The maximum absolute atomic E-state index is 8.86. The molecule has 0 heterocycles. The van der Waals surface area contributed by atoms with Crippen molar-refractivity contribution in [2.45, 2.75) is 6.54 Å². The van der Waals surface area contributed by atoms with E-state index in [9.17, 15) is 0 Å². The molecule has 0 unspecified atom stereocenters. The second-order valence-electron chi connectivity index (χ2n) is 3.90. The monoisotopic (exact) mass is 310 g/mol. The predicted octanol–water partition coefficient (Wildman–Crippen LogP) is 5.13. The number of nitriles is 1. The van der Waals surface area contributed by atoms with Crippen LogP contribution < -0.4 is 5.32 Å². The molecule has 96 valence electrons. The van der Waals surface area contributed by atoms with Crippen molar-refractivity contribution in [1.29, 1.82) is 5.26 Å². The number of nitrogens with one attached hydrogen (secondary N) is 1. The van der Waals surface area contributed by atoms with Crippen LogP contribution in [0.15, 0.2) is 36.4 Å². The van der Waals surface area contributed by atoms with E-state index in [1.165, 1.54) is 0 Å². The molecule has 2 nitrogen and oxygen atoms in total. The summed E-state index contributed by atoms with van der Waals surface area (Å²) in [5.74, 6) is 0. The Balaban J connectivity index is 2.19. The van der Waals surface area contributed by atoms with Gasteiger partial charge in [0.15, 0.2) is 0 Å². The van der Waals surface area contributed by atoms with Gasteiger partial charge in [-0.25, -0.2) is 0 Å². The maximum Gasteiger partial charge on any atom is 0.0992 e. The minimum Gasteiger partial charge on any atom is -0.380 e. The third kappa shape index (κ3) is 3.54. The summed E-state index contributed by atoms with van der Waals surface area (Å²) < 4.78 is 0. The number of benzene rings is 2. The van der Waals surface area contributed by atoms with E-state index in [0.29, 0.717) is 32.9 Å². The van der Waals surface area contributed by atoms with E-state index in [1.807, 2.05) is 0 Å². The second-order valence-corrected chi connectivity index (χ2v) is 5.15. The van der Waals surface area contributed by atoms with E-state index < -0.39 is 0 Å². The van der Waals surface area contributed by atoms with E-state index in [0.717, 1.165) is 5.56 Å². The summed E-state index contributed by atoms with van der Waals surface area (Å²) >= 11 is 18.1. The van der Waals surface area contributed by atoms with Gasteiger partial charge in [0.05, 0.1) is 22.3 Å². The van der Waals surface area contributed by atoms with Gasteiger partial charge in [-0.1, -0.05) is 34.8 Å². The molecule has 0 bridgehead atoms. The fraction of sp³-hybridized carbons (Fsp3) is 0.0714. The highest BCUT2D eigenvalue weighted by Crippen LogP contribution is 2.25. The summed E-state index contributed by atoms with van der Waals surface area (Å²) in [6.45, 7) is 0.480. The highest BCUT2D eigenvalue weighted by Gasteiger charge is 2.05. The highest BCUT2D eigenvalue weighted by atomic mass is 35.5. The quantitative estimate of drug-likeness (QED) is 0.853. The lowest BCUT2D eigenvalue weighted by molar-refractivity contribution is 1.15. The van der Waals surface area contributed by atoms with Gasteiger partial charge >= 0.3 is 0 Å². The standard InChI is InChI=1S/C14H9Cl3N2/c15-11-2-4-12(16)10(6-11)8-19-14-5-9(7-18)1-3-13(14)17/h1-6,19H,8H2. The summed E-state index contributed by atoms with van der Waals surface area (Å²) in [4.78, 5) is 0. The first-order valence-electron chi connectivity index (χ1n) is 5.47. The fourth-order valence-electron chi connectivity index (χ4n) is 1.60. The third-order valence-electron chi connectivity index (χ3n) is 2.57. The van der Waals surface area contributed by atoms with Crippen LogP contribution >= 0.6 is 34.8 Å². The van der Waals surface area contributed by atoms with Crippen LogP contribution in [0.2, 0.25) is 15.1 Å². The molecule has 0 aromatic heterocycles. The molecule has 0 radical (unpaired) electrons. The van der Waals surface area contributed by atoms with Gasteiger partial charge in [0.25, 0.3) is 0 Å². The normalized spacial score (nSPS) is 10.0. The molecule has 0 aliphatic rings. The number of hydrogen-bond acceptors (Lipinski definition) is 2. The molecule has 0 spiro atoms. The van der Waals surface area contributed by atoms with Crippen LogP contribution in [-0.4, -0.2) is 0 Å². The van der Waals surface area contributed by atoms with Gasteiger partial charge in [-0.3, -0.25) is 0 Å². The lowest BCUT2D eigenvalue weighted by Gasteiger charge is -2.10. The molecule has 0 saturated carbocycles. The zero-order chi connectivity index (χ0) is 13.8. The highest BCUT2D eigenvalue weighted by molar-refractivity contribution is 6.34. The topological polar surface area (TPSA) is 35.8 Å². The minimum atomic E-state index is 0.480. The van der Waals surface area contributed by atoms with Gasteiger partial charge in [0.1, 0.15) is 0 Å². The minimum absolute atomic E-state index is 0.480. The molecule has 19 heavy (non-hydrogen) atoms. The Hall–Kier alpha value is -1.40. The summed E-state index contributed by atoms with van der Waals surface area (Å²) in [6, 6.07) is 12.4. The Morgan fingerprint density at radius 3 is 2.47 bits per heavy atom. The molecular weight excluding hydrogens is 303 g/mol. The first-order valence-corrected chi connectivity index (χ1v) is 6.61. The Morgan fingerprint density at radius 2 is 1.74 bits per heavy atom. The molecule has 0 aliphatic heterocycles. The molecule has 0 atom stereocenters. The number of hydrogen-bond donors (Lipinski definition) is 1. The molecule has 2 rings (SSSR count). The molecule has 2 aromatic rings. The lowest BCUT2D eigenvalue weighted by Crippen LogP contribution is -2.01. The van der Waals surface area contributed by atoms with Crippen molar-refractivity contribution in [3.05, 3.63) is 62.6 Å². The molecule has 0 aliphatic carbocycles. The van der Waals surface area contributed by atoms with Gasteiger partial charge in [0, 0.05) is 16.6 Å². The summed E-state index contributed by atoms with van der Waals surface area (Å²) in [7, 11) is 0. The Kier molecular flexibility index (Phi) is 4.55. The van der Waals surface area contributed by atoms with Crippen LogP contribution in [-0.2, 0) is 6.54 Å². The predicted molar refractivity (Wildman–Crippen MR) is 80.0 cm³/mol. The first kappa shape index (κ1) is 14.0. The average Bonchev–Trinajstić information content (AvgIpc) is 2.41. The SMILES string of the molecule is N#Cc1ccc(Cl)c(NCc2cc(Cl)ccc2Cl)c1. The number of halogens is 3. The molecule has 0 amide bonds. The van der Waals surface area contributed by atoms with Crippen molar-refractivity contribution in [3.63, 3.8) is 0 Å². The summed E-state index contributed by atoms with van der Waals surface area (Å²) in [6.07, 6.45) is 0. The summed E-state index contributed by atoms with van der Waals surface area (Å²) in [5, 5.41) is 13.8. The van der Waals surface area contributed by atoms with Gasteiger partial charge in [-0.15, -0.1) is 0 Å². The largest absolute Gasteiger partial charge is 0.380 e. The molecule has 2 aromatic carbocycles. The maximum atomic E-state index is 8.86. The van der Waals surface area contributed by atoms with Gasteiger partial charge in [-0.05, 0) is 42.0 Å². The van der Waals surface area contributed by atoms with Crippen LogP contribution in [0.4, 0.5) is 5.69 Å². The first-order chi connectivity index (χ1) is 9.10. The zero-order valence-electron chi connectivity index (χ0n) is 9.75. The van der Waals surface area contributed by atoms with Crippen molar-refractivity contribution in [3.8, 4) is 6.07 Å². The molecule has 5 heteroatoms. The third-order valence-corrected chi connectivity index (χ3v) is 3.51. The molecule has 0 saturated heterocycles. The van der Waals surface area contributed by atoms with Crippen molar-refractivity contribution < 1.29 is 0 Å². The van der Waals surface area contributed by atoms with Gasteiger partial charge < -0.3 is 5.32 Å². The summed E-state index contributed by atoms with van der Waals surface area (Å²) in [5.41, 5.74) is 2.11. The van der Waals surface area contributed by atoms with E-state index in [2.05, 4.69) is 11.4 Å². The zero-order valence-corrected chi connectivity index (χ0v) is 12.0. The smallest absolute Gasteiger partial charge is 0.0992 e. The van der Waals surface area contributed by atoms with Crippen LogP contribution in [0.3, 0.4) is 0 Å². The van der Waals surface area contributed by atoms with Crippen molar-refractivity contribution >= 4 is 40.5 Å². The van der Waals surface area contributed by atoms with Gasteiger partial charge in [0.2, 0.25) is 0 Å². The number of anilines is 1. The lowest BCUT2D eigenvalue weighted by atomic mass is 10.2. The van der Waals surface area contributed by atoms with E-state index >= 15 is 0 Å². The van der Waals surface area contributed by atoms with Crippen LogP contribution in [0.25, 0.3) is 0 Å². The average molecular weight is 312 g/mol. The van der Waals surface area contributed by atoms with E-state index in [4.69, 9.17) is 40.1 Å². The Morgan fingerprint density at radius 1 is 1.00 bits per heavy atom. The fourth-order valence-corrected chi connectivity index (χ4v) is 2.16. The van der Waals surface area contributed by atoms with Crippen LogP contribution in [0, 0.1) is 11.3 Å². The number of rotatable bonds is 3. The second kappa shape index (κ2) is 6.16. The number of nitrogens with zero attached hydrogens (tertiary/aromatic N) is 1. The van der Waals surface area contributed by atoms with Crippen molar-refractivity contribution in [2.24, 2.45) is 0 Å². The van der Waals surface area contributed by atoms with E-state index in [1.54, 1.807) is 36.4 Å². The van der Waals surface area contributed by atoms with Crippen LogP contribution in [0.5, 0.6) is 0 Å². The van der Waals surface area contributed by atoms with Gasteiger partial charge in [-0.2, -0.15) is 5.26 Å². The van der Waals surface area contributed by atoms with E-state index in [-0.39, 0.29) is 0 Å². The molecule has 1 N–H and O–H groups in total. The molecule has 0 fully saturated rings. The van der Waals surface area contributed by atoms with Crippen LogP contribution in [0.1, 0.15) is 11.1 Å². The Labute approximate surface area is 126 Å². The van der Waals surface area contributed by atoms with Crippen molar-refractivity contribution in [2.75, 3.05) is 5.32 Å².